The molecule has 2 N–H and O–H groups in total. The van der Waals surface area contributed by atoms with Gasteiger partial charge in [0.05, 0.1) is 0 Å². The maximum atomic E-state index is 5.98. The molecule has 0 bridgehead atoms. The van der Waals surface area contributed by atoms with Crippen LogP contribution in [0.1, 0.15) is 17.5 Å². The highest BCUT2D eigenvalue weighted by atomic mass is 35.5. The summed E-state index contributed by atoms with van der Waals surface area (Å²) in [4.78, 5) is 2.29. The number of nitrogens with zero attached hydrogens (tertiary/aromatic N) is 1. The molecule has 0 aliphatic heterocycles. The van der Waals surface area contributed by atoms with Crippen molar-refractivity contribution in [3.63, 3.8) is 0 Å². The molecule has 0 atom stereocenters. The van der Waals surface area contributed by atoms with Crippen LogP contribution in [0.5, 0.6) is 0 Å². The minimum Gasteiger partial charge on any atom is -0.398 e. The Morgan fingerprint density at radius 2 is 1.85 bits per heavy atom. The molecule has 2 nitrogen and oxygen atoms in total. The van der Waals surface area contributed by atoms with Gasteiger partial charge in [-0.15, -0.1) is 0 Å². The lowest BCUT2D eigenvalue weighted by atomic mass is 10.1. The highest BCUT2D eigenvalue weighted by Gasteiger charge is 2.04. The summed E-state index contributed by atoms with van der Waals surface area (Å²) in [7, 11) is 2.12. The van der Waals surface area contributed by atoms with Crippen molar-refractivity contribution in [2.75, 3.05) is 19.3 Å². The molecule has 0 saturated heterocycles. The summed E-state index contributed by atoms with van der Waals surface area (Å²) in [6.07, 6.45) is 2.26. The van der Waals surface area contributed by atoms with Crippen molar-refractivity contribution in [1.29, 1.82) is 0 Å². The lowest BCUT2D eigenvalue weighted by Crippen LogP contribution is -2.20. The van der Waals surface area contributed by atoms with Crippen LogP contribution in [0, 0.1) is 0 Å². The van der Waals surface area contributed by atoms with Gasteiger partial charge in [0, 0.05) is 17.3 Å². The molecule has 0 aromatic heterocycles. The standard InChI is InChI=1S/C17H21ClN2/c1-20(11-5-8-14-6-3-2-4-7-14)13-15-9-10-16(18)12-17(15)19/h2-4,6-7,9-10,12H,5,8,11,13,19H2,1H3. The van der Waals surface area contributed by atoms with E-state index < -0.39 is 0 Å². The van der Waals surface area contributed by atoms with E-state index in [0.717, 1.165) is 37.2 Å². The Morgan fingerprint density at radius 1 is 1.10 bits per heavy atom. The fourth-order valence-corrected chi connectivity index (χ4v) is 2.46. The average molecular weight is 289 g/mol. The topological polar surface area (TPSA) is 29.3 Å². The number of rotatable bonds is 6. The molecule has 0 saturated carbocycles. The second-order valence-corrected chi connectivity index (χ2v) is 5.61. The molecule has 106 valence electrons. The van der Waals surface area contributed by atoms with E-state index in [0.29, 0.717) is 5.02 Å². The predicted molar refractivity (Wildman–Crippen MR) is 87.0 cm³/mol. The summed E-state index contributed by atoms with van der Waals surface area (Å²) in [6, 6.07) is 16.3. The molecule has 0 unspecified atom stereocenters. The first-order chi connectivity index (χ1) is 9.65. The lowest BCUT2D eigenvalue weighted by molar-refractivity contribution is 0.323. The molecule has 0 heterocycles. The number of hydrogen-bond donors (Lipinski definition) is 1. The predicted octanol–water partition coefficient (Wildman–Crippen LogP) is 3.99. The monoisotopic (exact) mass is 288 g/mol. The van der Waals surface area contributed by atoms with Gasteiger partial charge < -0.3 is 10.6 Å². The van der Waals surface area contributed by atoms with E-state index in [1.54, 1.807) is 0 Å². The van der Waals surface area contributed by atoms with Crippen LogP contribution in [0.3, 0.4) is 0 Å². The lowest BCUT2D eigenvalue weighted by Gasteiger charge is -2.18. The molecule has 0 aliphatic carbocycles. The van der Waals surface area contributed by atoms with Gasteiger partial charge in [-0.25, -0.2) is 0 Å². The largest absolute Gasteiger partial charge is 0.398 e. The number of anilines is 1. The van der Waals surface area contributed by atoms with E-state index in [9.17, 15) is 0 Å². The zero-order valence-electron chi connectivity index (χ0n) is 11.8. The van der Waals surface area contributed by atoms with E-state index in [1.165, 1.54) is 5.56 Å². The van der Waals surface area contributed by atoms with E-state index in [1.807, 2.05) is 18.2 Å². The van der Waals surface area contributed by atoms with Gasteiger partial charge >= 0.3 is 0 Å². The van der Waals surface area contributed by atoms with Crippen molar-refractivity contribution < 1.29 is 0 Å². The molecule has 0 fully saturated rings. The Kier molecular flexibility index (Phi) is 5.45. The van der Waals surface area contributed by atoms with Gasteiger partial charge in [-0.1, -0.05) is 48.0 Å². The summed E-state index contributed by atoms with van der Waals surface area (Å²) in [5.74, 6) is 0. The van der Waals surface area contributed by atoms with Crippen LogP contribution >= 0.6 is 11.6 Å². The number of nitrogens with two attached hydrogens (primary N) is 1. The second-order valence-electron chi connectivity index (χ2n) is 5.17. The molecular weight excluding hydrogens is 268 g/mol. The van der Waals surface area contributed by atoms with E-state index in [2.05, 4.69) is 42.3 Å². The van der Waals surface area contributed by atoms with Gasteiger partial charge in [-0.3, -0.25) is 0 Å². The van der Waals surface area contributed by atoms with Crippen LogP contribution in [0.2, 0.25) is 5.02 Å². The highest BCUT2D eigenvalue weighted by Crippen LogP contribution is 2.19. The Bertz CT molecular complexity index is 540. The zero-order valence-corrected chi connectivity index (χ0v) is 12.6. The van der Waals surface area contributed by atoms with Gasteiger partial charge in [-0.2, -0.15) is 0 Å². The van der Waals surface area contributed by atoms with Crippen LogP contribution in [-0.4, -0.2) is 18.5 Å². The molecule has 0 amide bonds. The SMILES string of the molecule is CN(CCCc1ccccc1)Cc1ccc(Cl)cc1N. The van der Waals surface area contributed by atoms with E-state index in [4.69, 9.17) is 17.3 Å². The molecule has 0 aliphatic rings. The third-order valence-corrected chi connectivity index (χ3v) is 3.63. The molecule has 2 rings (SSSR count). The van der Waals surface area contributed by atoms with Crippen molar-refractivity contribution >= 4 is 17.3 Å². The number of halogens is 1. The van der Waals surface area contributed by atoms with Crippen molar-refractivity contribution in [2.45, 2.75) is 19.4 Å². The quantitative estimate of drug-likeness (QED) is 0.815. The molecule has 3 heteroatoms. The molecule has 0 radical (unpaired) electrons. The number of benzene rings is 2. The molecular formula is C17H21ClN2. The van der Waals surface area contributed by atoms with Gasteiger partial charge in [0.1, 0.15) is 0 Å². The summed E-state index contributed by atoms with van der Waals surface area (Å²) in [5, 5.41) is 0.693. The highest BCUT2D eigenvalue weighted by molar-refractivity contribution is 6.30. The smallest absolute Gasteiger partial charge is 0.0426 e. The van der Waals surface area contributed by atoms with Gasteiger partial charge in [0.25, 0.3) is 0 Å². The van der Waals surface area contributed by atoms with Gasteiger partial charge in [-0.05, 0) is 49.7 Å². The molecule has 0 spiro atoms. The third kappa shape index (κ3) is 4.55. The second kappa shape index (κ2) is 7.32. The number of hydrogen-bond acceptors (Lipinski definition) is 2. The van der Waals surface area contributed by atoms with Crippen molar-refractivity contribution in [3.8, 4) is 0 Å². The summed E-state index contributed by atoms with van der Waals surface area (Å²) >= 11 is 5.91. The summed E-state index contributed by atoms with van der Waals surface area (Å²) in [5.41, 5.74) is 9.28. The average Bonchev–Trinajstić information content (AvgIpc) is 2.43. The van der Waals surface area contributed by atoms with Crippen molar-refractivity contribution in [2.24, 2.45) is 0 Å². The van der Waals surface area contributed by atoms with Gasteiger partial charge in [0.15, 0.2) is 0 Å². The van der Waals surface area contributed by atoms with Gasteiger partial charge in [0.2, 0.25) is 0 Å². The summed E-state index contributed by atoms with van der Waals surface area (Å²) in [6.45, 7) is 1.91. The maximum absolute atomic E-state index is 5.98. The Hall–Kier alpha value is -1.51. The minimum atomic E-state index is 0.693. The van der Waals surface area contributed by atoms with Crippen molar-refractivity contribution in [1.82, 2.24) is 4.90 Å². The normalized spacial score (nSPS) is 10.9. The number of aryl methyl sites for hydroxylation is 1. The first-order valence-corrected chi connectivity index (χ1v) is 7.29. The van der Waals surface area contributed by atoms with E-state index >= 15 is 0 Å². The first kappa shape index (κ1) is 14.9. The fourth-order valence-electron chi connectivity index (χ4n) is 2.28. The Labute approximate surface area is 126 Å². The van der Waals surface area contributed by atoms with Crippen LogP contribution in [0.4, 0.5) is 5.69 Å². The van der Waals surface area contributed by atoms with Crippen molar-refractivity contribution in [3.05, 3.63) is 64.7 Å². The molecule has 2 aromatic carbocycles. The minimum absolute atomic E-state index is 0.693. The Morgan fingerprint density at radius 3 is 2.55 bits per heavy atom. The Balaban J connectivity index is 1.79. The van der Waals surface area contributed by atoms with Crippen LogP contribution in [-0.2, 0) is 13.0 Å². The fraction of sp³-hybridized carbons (Fsp3) is 0.294. The number of nitrogen functional groups attached to an aromatic ring is 1. The third-order valence-electron chi connectivity index (χ3n) is 3.40. The summed E-state index contributed by atoms with van der Waals surface area (Å²) < 4.78 is 0. The van der Waals surface area contributed by atoms with E-state index in [-0.39, 0.29) is 0 Å². The van der Waals surface area contributed by atoms with Crippen LogP contribution in [0.15, 0.2) is 48.5 Å². The first-order valence-electron chi connectivity index (χ1n) is 6.91. The molecule has 2 aromatic rings. The zero-order chi connectivity index (χ0) is 14.4. The molecule has 20 heavy (non-hydrogen) atoms. The maximum Gasteiger partial charge on any atom is 0.0426 e. The van der Waals surface area contributed by atoms with Crippen LogP contribution in [0.25, 0.3) is 0 Å². The van der Waals surface area contributed by atoms with Crippen LogP contribution < -0.4 is 5.73 Å².